The topological polar surface area (TPSA) is 12.0 Å². The lowest BCUT2D eigenvalue weighted by atomic mass is 9.98. The summed E-state index contributed by atoms with van der Waals surface area (Å²) in [6, 6.07) is 5.30. The zero-order valence-corrected chi connectivity index (χ0v) is 13.8. The Morgan fingerprint density at radius 3 is 2.58 bits per heavy atom. The van der Waals surface area contributed by atoms with Gasteiger partial charge in [0.1, 0.15) is 5.82 Å². The number of hydrogen-bond donors (Lipinski definition) is 1. The lowest BCUT2D eigenvalue weighted by molar-refractivity contribution is 0.446. The molecule has 1 aromatic rings. The molecule has 0 heterocycles. The minimum atomic E-state index is -0.188. The second-order valence-corrected chi connectivity index (χ2v) is 6.35. The van der Waals surface area contributed by atoms with E-state index in [1.54, 1.807) is 12.1 Å². The van der Waals surface area contributed by atoms with Crippen molar-refractivity contribution in [3.63, 3.8) is 0 Å². The third-order valence-corrected chi connectivity index (χ3v) is 3.94. The molecule has 1 nitrogen and oxygen atoms in total. The molecule has 1 rings (SSSR count). The first-order chi connectivity index (χ1) is 9.04. The van der Waals surface area contributed by atoms with Crippen molar-refractivity contribution in [1.29, 1.82) is 0 Å². The van der Waals surface area contributed by atoms with Crippen molar-refractivity contribution in [2.75, 3.05) is 6.54 Å². The van der Waals surface area contributed by atoms with E-state index in [4.69, 9.17) is 0 Å². The SMILES string of the molecule is CCCNC(CCCC(C)C)c1ccc(F)cc1Br. The highest BCUT2D eigenvalue weighted by Crippen LogP contribution is 2.28. The first-order valence-electron chi connectivity index (χ1n) is 7.23. The molecule has 0 aliphatic rings. The van der Waals surface area contributed by atoms with Crippen LogP contribution in [0.1, 0.15) is 58.1 Å². The Kier molecular flexibility index (Phi) is 7.62. The van der Waals surface area contributed by atoms with Crippen molar-refractivity contribution < 1.29 is 4.39 Å². The molecule has 0 bridgehead atoms. The summed E-state index contributed by atoms with van der Waals surface area (Å²) in [6.07, 6.45) is 4.65. The van der Waals surface area contributed by atoms with Crippen LogP contribution in [0.3, 0.4) is 0 Å². The molecule has 1 N–H and O–H groups in total. The monoisotopic (exact) mass is 329 g/mol. The Hall–Kier alpha value is -0.410. The quantitative estimate of drug-likeness (QED) is 0.668. The highest BCUT2D eigenvalue weighted by Gasteiger charge is 2.14. The maximum Gasteiger partial charge on any atom is 0.124 e. The van der Waals surface area contributed by atoms with Gasteiger partial charge in [-0.1, -0.05) is 55.6 Å². The first-order valence-corrected chi connectivity index (χ1v) is 8.02. The van der Waals surface area contributed by atoms with Crippen molar-refractivity contribution in [2.24, 2.45) is 5.92 Å². The zero-order chi connectivity index (χ0) is 14.3. The van der Waals surface area contributed by atoms with Crippen LogP contribution in [0.15, 0.2) is 22.7 Å². The van der Waals surface area contributed by atoms with E-state index in [1.807, 2.05) is 6.07 Å². The van der Waals surface area contributed by atoms with E-state index in [2.05, 4.69) is 42.0 Å². The van der Waals surface area contributed by atoms with Crippen molar-refractivity contribution in [2.45, 2.75) is 52.5 Å². The first kappa shape index (κ1) is 16.6. The zero-order valence-electron chi connectivity index (χ0n) is 12.2. The van der Waals surface area contributed by atoms with Crippen LogP contribution in [-0.4, -0.2) is 6.54 Å². The van der Waals surface area contributed by atoms with E-state index in [9.17, 15) is 4.39 Å². The third kappa shape index (κ3) is 6.05. The van der Waals surface area contributed by atoms with E-state index in [1.165, 1.54) is 18.4 Å². The fraction of sp³-hybridized carbons (Fsp3) is 0.625. The number of hydrogen-bond acceptors (Lipinski definition) is 1. The van der Waals surface area contributed by atoms with Gasteiger partial charge in [0, 0.05) is 10.5 Å². The van der Waals surface area contributed by atoms with Gasteiger partial charge in [-0.3, -0.25) is 0 Å². The molecule has 19 heavy (non-hydrogen) atoms. The van der Waals surface area contributed by atoms with Gasteiger partial charge < -0.3 is 5.32 Å². The lowest BCUT2D eigenvalue weighted by Crippen LogP contribution is -2.22. The fourth-order valence-corrected chi connectivity index (χ4v) is 2.83. The molecule has 0 saturated heterocycles. The molecule has 3 heteroatoms. The predicted octanol–water partition coefficient (Wildman–Crippen LogP) is 5.46. The molecule has 0 aromatic heterocycles. The van der Waals surface area contributed by atoms with Crippen molar-refractivity contribution >= 4 is 15.9 Å². The molecule has 0 saturated carbocycles. The average molecular weight is 330 g/mol. The van der Waals surface area contributed by atoms with Crippen LogP contribution < -0.4 is 5.32 Å². The molecule has 1 unspecified atom stereocenters. The summed E-state index contributed by atoms with van der Waals surface area (Å²) in [5, 5.41) is 3.57. The summed E-state index contributed by atoms with van der Waals surface area (Å²) >= 11 is 3.48. The Labute approximate surface area is 125 Å². The summed E-state index contributed by atoms with van der Waals surface area (Å²) < 4.78 is 14.0. The van der Waals surface area contributed by atoms with Crippen molar-refractivity contribution in [3.8, 4) is 0 Å². The van der Waals surface area contributed by atoms with Crippen LogP contribution in [0, 0.1) is 11.7 Å². The fourth-order valence-electron chi connectivity index (χ4n) is 2.20. The van der Waals surface area contributed by atoms with Gasteiger partial charge in [0.2, 0.25) is 0 Å². The van der Waals surface area contributed by atoms with E-state index in [0.29, 0.717) is 6.04 Å². The molecule has 0 radical (unpaired) electrons. The van der Waals surface area contributed by atoms with Crippen LogP contribution in [0.4, 0.5) is 4.39 Å². The van der Waals surface area contributed by atoms with Gasteiger partial charge in [-0.05, 0) is 43.0 Å². The number of halogens is 2. The van der Waals surface area contributed by atoms with Crippen molar-refractivity contribution in [1.82, 2.24) is 5.32 Å². The van der Waals surface area contributed by atoms with Crippen molar-refractivity contribution in [3.05, 3.63) is 34.1 Å². The molecule has 0 aliphatic carbocycles. The average Bonchev–Trinajstić information content (AvgIpc) is 2.34. The Morgan fingerprint density at radius 1 is 1.26 bits per heavy atom. The third-order valence-electron chi connectivity index (χ3n) is 3.25. The van der Waals surface area contributed by atoms with Gasteiger partial charge in [0.05, 0.1) is 0 Å². The van der Waals surface area contributed by atoms with Crippen LogP contribution in [-0.2, 0) is 0 Å². The van der Waals surface area contributed by atoms with E-state index >= 15 is 0 Å². The molecule has 1 aromatic carbocycles. The highest BCUT2D eigenvalue weighted by molar-refractivity contribution is 9.10. The van der Waals surface area contributed by atoms with Gasteiger partial charge in [-0.2, -0.15) is 0 Å². The maximum absolute atomic E-state index is 13.2. The minimum absolute atomic E-state index is 0.188. The minimum Gasteiger partial charge on any atom is -0.310 e. The van der Waals surface area contributed by atoms with Crippen LogP contribution in [0.2, 0.25) is 0 Å². The van der Waals surface area contributed by atoms with E-state index in [0.717, 1.165) is 29.8 Å². The van der Waals surface area contributed by atoms with Crippen LogP contribution in [0.25, 0.3) is 0 Å². The normalized spacial score (nSPS) is 12.9. The smallest absolute Gasteiger partial charge is 0.124 e. The summed E-state index contributed by atoms with van der Waals surface area (Å²) in [5.74, 6) is 0.551. The van der Waals surface area contributed by atoms with Gasteiger partial charge in [-0.25, -0.2) is 4.39 Å². The molecule has 0 aliphatic heterocycles. The van der Waals surface area contributed by atoms with E-state index in [-0.39, 0.29) is 5.82 Å². The maximum atomic E-state index is 13.2. The van der Waals surface area contributed by atoms with Crippen LogP contribution in [0.5, 0.6) is 0 Å². The Balaban J connectivity index is 2.71. The summed E-state index contributed by atoms with van der Waals surface area (Å²) in [6.45, 7) is 7.67. The van der Waals surface area contributed by atoms with E-state index < -0.39 is 0 Å². The summed E-state index contributed by atoms with van der Waals surface area (Å²) in [7, 11) is 0. The molecule has 108 valence electrons. The number of nitrogens with one attached hydrogen (secondary N) is 1. The lowest BCUT2D eigenvalue weighted by Gasteiger charge is -2.21. The largest absolute Gasteiger partial charge is 0.310 e. The molecule has 0 amide bonds. The number of benzene rings is 1. The van der Waals surface area contributed by atoms with Crippen LogP contribution >= 0.6 is 15.9 Å². The van der Waals surface area contributed by atoms with Gasteiger partial charge in [-0.15, -0.1) is 0 Å². The number of rotatable bonds is 8. The second-order valence-electron chi connectivity index (χ2n) is 5.50. The Bertz CT molecular complexity index is 379. The molecule has 1 atom stereocenters. The predicted molar refractivity (Wildman–Crippen MR) is 83.8 cm³/mol. The molecule has 0 spiro atoms. The molecule has 0 fully saturated rings. The highest BCUT2D eigenvalue weighted by atomic mass is 79.9. The van der Waals surface area contributed by atoms with Gasteiger partial charge in [0.25, 0.3) is 0 Å². The standard InChI is InChI=1S/C16H25BrFN/c1-4-10-19-16(7-5-6-12(2)3)14-9-8-13(18)11-15(14)17/h8-9,11-12,16,19H,4-7,10H2,1-3H3. The molecular weight excluding hydrogens is 305 g/mol. The summed E-state index contributed by atoms with van der Waals surface area (Å²) in [5.41, 5.74) is 1.17. The molecular formula is C16H25BrFN. The Morgan fingerprint density at radius 2 is 2.00 bits per heavy atom. The second kappa shape index (κ2) is 8.70. The van der Waals surface area contributed by atoms with Gasteiger partial charge >= 0.3 is 0 Å². The summed E-state index contributed by atoms with van der Waals surface area (Å²) in [4.78, 5) is 0. The van der Waals surface area contributed by atoms with Gasteiger partial charge in [0.15, 0.2) is 0 Å².